The number of rotatable bonds is 1. The number of piperidine rings is 1. The van der Waals surface area contributed by atoms with Crippen molar-refractivity contribution in [1.29, 1.82) is 0 Å². The average molecular weight is 247 g/mol. The molecule has 1 aliphatic heterocycles. The Kier molecular flexibility index (Phi) is 3.60. The van der Waals surface area contributed by atoms with Crippen molar-refractivity contribution in [2.75, 3.05) is 13.1 Å². The molecule has 1 N–H and O–H groups in total. The van der Waals surface area contributed by atoms with E-state index in [2.05, 4.69) is 13.8 Å². The van der Waals surface area contributed by atoms with Crippen LogP contribution in [-0.4, -0.2) is 29.0 Å². The van der Waals surface area contributed by atoms with E-state index < -0.39 is 0 Å². The third kappa shape index (κ3) is 2.50. The van der Waals surface area contributed by atoms with Gasteiger partial charge in [0.1, 0.15) is 5.75 Å². The first-order valence-electron chi connectivity index (χ1n) is 6.58. The quantitative estimate of drug-likeness (QED) is 0.829. The summed E-state index contributed by atoms with van der Waals surface area (Å²) in [6, 6.07) is 5.17. The van der Waals surface area contributed by atoms with Crippen LogP contribution in [0.3, 0.4) is 0 Å². The fraction of sp³-hybridized carbons (Fsp3) is 0.533. The largest absolute Gasteiger partial charge is 0.507 e. The molecule has 3 heteroatoms. The predicted octanol–water partition coefficient (Wildman–Crippen LogP) is 2.82. The van der Waals surface area contributed by atoms with Crippen molar-refractivity contribution in [3.05, 3.63) is 29.3 Å². The number of benzene rings is 1. The van der Waals surface area contributed by atoms with Crippen LogP contribution in [0, 0.1) is 18.8 Å². The number of amides is 1. The van der Waals surface area contributed by atoms with E-state index in [0.29, 0.717) is 17.4 Å². The third-order valence-corrected chi connectivity index (χ3v) is 4.00. The van der Waals surface area contributed by atoms with Gasteiger partial charge < -0.3 is 10.0 Å². The molecule has 98 valence electrons. The molecule has 3 nitrogen and oxygen atoms in total. The Morgan fingerprint density at radius 2 is 2.06 bits per heavy atom. The molecule has 1 aromatic carbocycles. The van der Waals surface area contributed by atoms with Gasteiger partial charge in [0.05, 0.1) is 5.56 Å². The Balaban J connectivity index is 2.19. The molecule has 0 bridgehead atoms. The molecule has 18 heavy (non-hydrogen) atoms. The van der Waals surface area contributed by atoms with E-state index in [0.717, 1.165) is 25.1 Å². The Bertz CT molecular complexity index is 456. The van der Waals surface area contributed by atoms with Gasteiger partial charge in [-0.3, -0.25) is 4.79 Å². The van der Waals surface area contributed by atoms with Gasteiger partial charge in [-0.05, 0) is 37.3 Å². The number of carbonyl (C=O) groups excluding carboxylic acids is 1. The van der Waals surface area contributed by atoms with E-state index in [-0.39, 0.29) is 11.7 Å². The fourth-order valence-corrected chi connectivity index (χ4v) is 2.44. The molecule has 1 fully saturated rings. The topological polar surface area (TPSA) is 40.5 Å². The molecule has 1 heterocycles. The number of nitrogens with zero attached hydrogens (tertiary/aromatic N) is 1. The van der Waals surface area contributed by atoms with Crippen LogP contribution in [0.25, 0.3) is 0 Å². The summed E-state index contributed by atoms with van der Waals surface area (Å²) >= 11 is 0. The van der Waals surface area contributed by atoms with E-state index >= 15 is 0 Å². The van der Waals surface area contributed by atoms with Crippen LogP contribution >= 0.6 is 0 Å². The van der Waals surface area contributed by atoms with Crippen LogP contribution in [0.5, 0.6) is 5.75 Å². The fourth-order valence-electron chi connectivity index (χ4n) is 2.44. The highest BCUT2D eigenvalue weighted by atomic mass is 16.3. The molecule has 2 rings (SSSR count). The first-order valence-corrected chi connectivity index (χ1v) is 6.58. The number of carbonyl (C=O) groups is 1. The molecular weight excluding hydrogens is 226 g/mol. The highest BCUT2D eigenvalue weighted by Gasteiger charge is 2.27. The lowest BCUT2D eigenvalue weighted by molar-refractivity contribution is 0.0624. The summed E-state index contributed by atoms with van der Waals surface area (Å²) in [6.45, 7) is 7.92. The Hall–Kier alpha value is -1.51. The Morgan fingerprint density at radius 3 is 2.72 bits per heavy atom. The maximum absolute atomic E-state index is 12.4. The van der Waals surface area contributed by atoms with Crippen LogP contribution in [-0.2, 0) is 0 Å². The summed E-state index contributed by atoms with van der Waals surface area (Å²) in [7, 11) is 0. The molecule has 0 saturated carbocycles. The summed E-state index contributed by atoms with van der Waals surface area (Å²) in [5.41, 5.74) is 1.42. The van der Waals surface area contributed by atoms with E-state index in [1.54, 1.807) is 12.1 Å². The van der Waals surface area contributed by atoms with E-state index in [1.165, 1.54) is 0 Å². The summed E-state index contributed by atoms with van der Waals surface area (Å²) in [5.74, 6) is 1.22. The van der Waals surface area contributed by atoms with Crippen LogP contribution in [0.15, 0.2) is 18.2 Å². The Labute approximate surface area is 108 Å². The zero-order valence-corrected chi connectivity index (χ0v) is 11.3. The van der Waals surface area contributed by atoms with Gasteiger partial charge in [0.15, 0.2) is 0 Å². The molecule has 0 spiro atoms. The number of hydrogen-bond donors (Lipinski definition) is 1. The molecular formula is C15H21NO2. The minimum absolute atomic E-state index is 0.0463. The van der Waals surface area contributed by atoms with Crippen molar-refractivity contribution in [3.8, 4) is 5.75 Å². The maximum atomic E-state index is 12.4. The standard InChI is InChI=1S/C15H21NO2/c1-10-4-5-14(17)13(8-10)15(18)16-7-6-11(2)12(3)9-16/h4-5,8,11-12,17H,6-7,9H2,1-3H3. The zero-order valence-electron chi connectivity index (χ0n) is 11.3. The van der Waals surface area contributed by atoms with Gasteiger partial charge in [-0.1, -0.05) is 25.5 Å². The van der Waals surface area contributed by atoms with Gasteiger partial charge in [0, 0.05) is 13.1 Å². The number of aryl methyl sites for hydroxylation is 1. The summed E-state index contributed by atoms with van der Waals surface area (Å²) in [5, 5.41) is 9.81. The van der Waals surface area contributed by atoms with Crippen molar-refractivity contribution >= 4 is 5.91 Å². The van der Waals surface area contributed by atoms with Crippen molar-refractivity contribution in [3.63, 3.8) is 0 Å². The number of aromatic hydroxyl groups is 1. The molecule has 2 unspecified atom stereocenters. The monoisotopic (exact) mass is 247 g/mol. The second kappa shape index (κ2) is 5.01. The molecule has 0 aromatic heterocycles. The minimum atomic E-state index is -0.0463. The molecule has 1 saturated heterocycles. The van der Waals surface area contributed by atoms with E-state index in [4.69, 9.17) is 0 Å². The normalized spacial score (nSPS) is 24.1. The summed E-state index contributed by atoms with van der Waals surface area (Å²) in [6.07, 6.45) is 1.04. The number of hydrogen-bond acceptors (Lipinski definition) is 2. The lowest BCUT2D eigenvalue weighted by Gasteiger charge is -2.35. The molecule has 0 aliphatic carbocycles. The second-order valence-corrected chi connectivity index (χ2v) is 5.52. The number of likely N-dealkylation sites (tertiary alicyclic amines) is 1. The summed E-state index contributed by atoms with van der Waals surface area (Å²) < 4.78 is 0. The van der Waals surface area contributed by atoms with Crippen molar-refractivity contribution in [2.24, 2.45) is 11.8 Å². The molecule has 0 radical (unpaired) electrons. The lowest BCUT2D eigenvalue weighted by atomic mass is 9.88. The zero-order chi connectivity index (χ0) is 13.3. The van der Waals surface area contributed by atoms with E-state index in [1.807, 2.05) is 17.9 Å². The maximum Gasteiger partial charge on any atom is 0.257 e. The lowest BCUT2D eigenvalue weighted by Crippen LogP contribution is -2.42. The van der Waals surface area contributed by atoms with Crippen molar-refractivity contribution < 1.29 is 9.90 Å². The molecule has 1 amide bonds. The predicted molar refractivity (Wildman–Crippen MR) is 71.7 cm³/mol. The number of phenolic OH excluding ortho intramolecular Hbond substituents is 1. The molecule has 1 aromatic rings. The van der Waals surface area contributed by atoms with Gasteiger partial charge in [-0.15, -0.1) is 0 Å². The van der Waals surface area contributed by atoms with Gasteiger partial charge in [0.2, 0.25) is 0 Å². The SMILES string of the molecule is Cc1ccc(O)c(C(=O)N2CCC(C)C(C)C2)c1. The molecule has 2 atom stereocenters. The average Bonchev–Trinajstić information content (AvgIpc) is 2.35. The van der Waals surface area contributed by atoms with E-state index in [9.17, 15) is 9.90 Å². The molecule has 1 aliphatic rings. The van der Waals surface area contributed by atoms with Crippen LogP contribution in [0.4, 0.5) is 0 Å². The second-order valence-electron chi connectivity index (χ2n) is 5.52. The Morgan fingerprint density at radius 1 is 1.33 bits per heavy atom. The van der Waals surface area contributed by atoms with Crippen LogP contribution < -0.4 is 0 Å². The van der Waals surface area contributed by atoms with Crippen molar-refractivity contribution in [2.45, 2.75) is 27.2 Å². The smallest absolute Gasteiger partial charge is 0.257 e. The van der Waals surface area contributed by atoms with Gasteiger partial charge in [0.25, 0.3) is 5.91 Å². The van der Waals surface area contributed by atoms with Gasteiger partial charge in [-0.2, -0.15) is 0 Å². The van der Waals surface area contributed by atoms with Crippen LogP contribution in [0.2, 0.25) is 0 Å². The van der Waals surface area contributed by atoms with Crippen molar-refractivity contribution in [1.82, 2.24) is 4.90 Å². The number of phenols is 1. The first kappa shape index (κ1) is 12.9. The van der Waals surface area contributed by atoms with Crippen LogP contribution in [0.1, 0.15) is 36.2 Å². The third-order valence-electron chi connectivity index (χ3n) is 4.00. The first-order chi connectivity index (χ1) is 8.49. The van der Waals surface area contributed by atoms with Gasteiger partial charge in [-0.25, -0.2) is 0 Å². The minimum Gasteiger partial charge on any atom is -0.507 e. The summed E-state index contributed by atoms with van der Waals surface area (Å²) in [4.78, 5) is 14.3. The highest BCUT2D eigenvalue weighted by Crippen LogP contribution is 2.26. The van der Waals surface area contributed by atoms with Gasteiger partial charge >= 0.3 is 0 Å². The highest BCUT2D eigenvalue weighted by molar-refractivity contribution is 5.97.